The second kappa shape index (κ2) is 12.8. The SMILES string of the molecule is O=C(Cc1ccc(Cl)c(Cl)c1)N1CCCCC1CN1CCC(O)C1.O=C(O)/C=C\C(=O)O. The number of carbonyl (C=O) groups excluding carboxylic acids is 1. The largest absolute Gasteiger partial charge is 0.478 e. The number of carboxylic acids is 2. The van der Waals surface area contributed by atoms with Gasteiger partial charge in [-0.3, -0.25) is 9.69 Å². The number of aliphatic carboxylic acids is 2. The van der Waals surface area contributed by atoms with Crippen LogP contribution < -0.4 is 0 Å². The molecule has 0 saturated carbocycles. The van der Waals surface area contributed by atoms with Gasteiger partial charge in [0.1, 0.15) is 0 Å². The van der Waals surface area contributed by atoms with Crippen molar-refractivity contribution >= 4 is 41.0 Å². The van der Waals surface area contributed by atoms with Crippen molar-refractivity contribution in [3.8, 4) is 0 Å². The van der Waals surface area contributed by atoms with Gasteiger partial charge in [0.2, 0.25) is 5.91 Å². The van der Waals surface area contributed by atoms with Crippen LogP contribution >= 0.6 is 23.2 Å². The maximum Gasteiger partial charge on any atom is 0.328 e. The van der Waals surface area contributed by atoms with E-state index in [0.29, 0.717) is 28.6 Å². The summed E-state index contributed by atoms with van der Waals surface area (Å²) in [4.78, 5) is 36.2. The van der Waals surface area contributed by atoms with Crippen molar-refractivity contribution in [3.05, 3.63) is 46.0 Å². The molecule has 0 aliphatic carbocycles. The minimum atomic E-state index is -1.26. The highest BCUT2D eigenvalue weighted by Crippen LogP contribution is 2.25. The Bertz CT molecular complexity index is 832. The molecule has 1 aromatic carbocycles. The number of benzene rings is 1. The van der Waals surface area contributed by atoms with E-state index >= 15 is 0 Å². The highest BCUT2D eigenvalue weighted by molar-refractivity contribution is 6.42. The summed E-state index contributed by atoms with van der Waals surface area (Å²) in [5, 5.41) is 26.3. The van der Waals surface area contributed by atoms with E-state index < -0.39 is 11.9 Å². The minimum Gasteiger partial charge on any atom is -0.478 e. The van der Waals surface area contributed by atoms with Gasteiger partial charge in [0.25, 0.3) is 0 Å². The van der Waals surface area contributed by atoms with Gasteiger partial charge in [-0.2, -0.15) is 0 Å². The molecule has 2 atom stereocenters. The first-order valence-electron chi connectivity index (χ1n) is 10.4. The van der Waals surface area contributed by atoms with Crippen LogP contribution in [0.4, 0.5) is 0 Å². The second-order valence-electron chi connectivity index (χ2n) is 7.87. The summed E-state index contributed by atoms with van der Waals surface area (Å²) in [6.45, 7) is 3.34. The van der Waals surface area contributed by atoms with Gasteiger partial charge in [0.15, 0.2) is 0 Å². The van der Waals surface area contributed by atoms with E-state index in [-0.39, 0.29) is 18.1 Å². The lowest BCUT2D eigenvalue weighted by molar-refractivity contribution is -0.134. The van der Waals surface area contributed by atoms with Crippen molar-refractivity contribution in [2.24, 2.45) is 0 Å². The van der Waals surface area contributed by atoms with Crippen molar-refractivity contribution < 1.29 is 29.7 Å². The Hall–Kier alpha value is -2.13. The average molecular weight is 487 g/mol. The van der Waals surface area contributed by atoms with E-state index in [0.717, 1.165) is 57.4 Å². The molecule has 176 valence electrons. The zero-order chi connectivity index (χ0) is 23.7. The molecule has 0 aromatic heterocycles. The predicted octanol–water partition coefficient (Wildman–Crippen LogP) is 2.70. The number of aliphatic hydroxyl groups excluding tert-OH is 1. The molecule has 1 aromatic rings. The quantitative estimate of drug-likeness (QED) is 0.528. The Morgan fingerprint density at radius 1 is 1.00 bits per heavy atom. The summed E-state index contributed by atoms with van der Waals surface area (Å²) in [7, 11) is 0. The van der Waals surface area contributed by atoms with Crippen LogP contribution in [0.2, 0.25) is 10.0 Å². The number of hydrogen-bond acceptors (Lipinski definition) is 5. The third-order valence-electron chi connectivity index (χ3n) is 5.37. The summed E-state index contributed by atoms with van der Waals surface area (Å²) >= 11 is 12.0. The number of β-amino-alcohol motifs (C(OH)–C–C–N with tert-alkyl or cyclic N) is 1. The molecule has 0 bridgehead atoms. The molecule has 0 spiro atoms. The van der Waals surface area contributed by atoms with Crippen LogP contribution in [0.15, 0.2) is 30.4 Å². The number of amides is 1. The third-order valence-corrected chi connectivity index (χ3v) is 6.11. The molecule has 2 aliphatic heterocycles. The maximum absolute atomic E-state index is 12.8. The number of piperidine rings is 1. The van der Waals surface area contributed by atoms with Crippen LogP contribution in [0.25, 0.3) is 0 Å². The molecule has 1 amide bonds. The second-order valence-corrected chi connectivity index (χ2v) is 8.69. The molecule has 8 nitrogen and oxygen atoms in total. The first-order valence-corrected chi connectivity index (χ1v) is 11.2. The van der Waals surface area contributed by atoms with Gasteiger partial charge < -0.3 is 20.2 Å². The summed E-state index contributed by atoms with van der Waals surface area (Å²) in [6, 6.07) is 5.63. The first-order chi connectivity index (χ1) is 15.2. The molecule has 2 unspecified atom stereocenters. The van der Waals surface area contributed by atoms with Crippen LogP contribution in [-0.2, 0) is 20.8 Å². The van der Waals surface area contributed by atoms with Crippen molar-refractivity contribution in [3.63, 3.8) is 0 Å². The molecule has 2 saturated heterocycles. The number of halogens is 2. The Morgan fingerprint density at radius 2 is 1.69 bits per heavy atom. The molecule has 0 radical (unpaired) electrons. The molecular weight excluding hydrogens is 459 g/mol. The Balaban J connectivity index is 0.000000390. The van der Waals surface area contributed by atoms with E-state index in [1.807, 2.05) is 11.0 Å². The van der Waals surface area contributed by atoms with Crippen molar-refractivity contribution in [2.75, 3.05) is 26.2 Å². The smallest absolute Gasteiger partial charge is 0.328 e. The topological polar surface area (TPSA) is 118 Å². The normalized spacial score (nSPS) is 21.3. The number of nitrogens with zero attached hydrogens (tertiary/aromatic N) is 2. The van der Waals surface area contributed by atoms with Gasteiger partial charge in [-0.05, 0) is 43.4 Å². The lowest BCUT2D eigenvalue weighted by Gasteiger charge is -2.38. The minimum absolute atomic E-state index is 0.151. The predicted molar refractivity (Wildman–Crippen MR) is 121 cm³/mol. The van der Waals surface area contributed by atoms with Crippen LogP contribution in [0.1, 0.15) is 31.2 Å². The van der Waals surface area contributed by atoms with Crippen LogP contribution in [0.3, 0.4) is 0 Å². The number of aliphatic hydroxyl groups is 1. The summed E-state index contributed by atoms with van der Waals surface area (Å²) < 4.78 is 0. The fourth-order valence-corrected chi connectivity index (χ4v) is 4.18. The molecule has 3 N–H and O–H groups in total. The van der Waals surface area contributed by atoms with E-state index in [9.17, 15) is 19.5 Å². The Kier molecular flexibility index (Phi) is 10.4. The number of carboxylic acid groups (broad SMARTS) is 2. The highest BCUT2D eigenvalue weighted by atomic mass is 35.5. The number of likely N-dealkylation sites (tertiary alicyclic amines) is 2. The third kappa shape index (κ3) is 8.78. The van der Waals surface area contributed by atoms with Gasteiger partial charge in [-0.1, -0.05) is 29.3 Å². The van der Waals surface area contributed by atoms with Gasteiger partial charge in [0, 0.05) is 44.4 Å². The van der Waals surface area contributed by atoms with E-state index in [2.05, 4.69) is 4.90 Å². The molecule has 2 heterocycles. The first kappa shape index (κ1) is 26.1. The monoisotopic (exact) mass is 486 g/mol. The van der Waals surface area contributed by atoms with Crippen LogP contribution in [0, 0.1) is 0 Å². The fraction of sp³-hybridized carbons (Fsp3) is 0.500. The molecular formula is C22H28Cl2N2O6. The van der Waals surface area contributed by atoms with Crippen LogP contribution in [0.5, 0.6) is 0 Å². The number of carbonyl (C=O) groups is 3. The standard InChI is InChI=1S/C18H24Cl2N2O2.C4H4O4/c19-16-5-4-13(9-17(16)20)10-18(24)22-7-2-1-3-14(22)11-21-8-6-15(23)12-21;5-3(6)1-2-4(7)8/h4-5,9,14-15,23H,1-3,6-8,10-12H2;1-2H,(H,5,6)(H,7,8)/b;2-1-. The average Bonchev–Trinajstić information content (AvgIpc) is 3.14. The lowest BCUT2D eigenvalue weighted by atomic mass is 10.00. The molecule has 10 heteroatoms. The van der Waals surface area contributed by atoms with Crippen molar-refractivity contribution in [1.82, 2.24) is 9.80 Å². The van der Waals surface area contributed by atoms with Crippen LogP contribution in [-0.4, -0.2) is 81.3 Å². The summed E-state index contributed by atoms with van der Waals surface area (Å²) in [6.07, 6.45) is 5.36. The Morgan fingerprint density at radius 3 is 2.25 bits per heavy atom. The van der Waals surface area contributed by atoms with Gasteiger partial charge in [-0.15, -0.1) is 0 Å². The lowest BCUT2D eigenvalue weighted by Crippen LogP contribution is -2.49. The van der Waals surface area contributed by atoms with E-state index in [4.69, 9.17) is 33.4 Å². The van der Waals surface area contributed by atoms with E-state index in [1.54, 1.807) is 12.1 Å². The van der Waals surface area contributed by atoms with E-state index in [1.165, 1.54) is 0 Å². The maximum atomic E-state index is 12.8. The van der Waals surface area contributed by atoms with Crippen molar-refractivity contribution in [2.45, 2.75) is 44.2 Å². The fourth-order valence-electron chi connectivity index (χ4n) is 3.86. The molecule has 32 heavy (non-hydrogen) atoms. The zero-order valence-corrected chi connectivity index (χ0v) is 19.1. The molecule has 2 aliphatic rings. The summed E-state index contributed by atoms with van der Waals surface area (Å²) in [5.41, 5.74) is 0.898. The Labute approximate surface area is 197 Å². The number of hydrogen-bond donors (Lipinski definition) is 3. The molecule has 3 rings (SSSR count). The van der Waals surface area contributed by atoms with Gasteiger partial charge in [-0.25, -0.2) is 9.59 Å². The van der Waals surface area contributed by atoms with Gasteiger partial charge >= 0.3 is 11.9 Å². The van der Waals surface area contributed by atoms with Gasteiger partial charge in [0.05, 0.1) is 22.6 Å². The highest BCUT2D eigenvalue weighted by Gasteiger charge is 2.30. The molecule has 2 fully saturated rings. The number of rotatable bonds is 6. The zero-order valence-electron chi connectivity index (χ0n) is 17.6. The summed E-state index contributed by atoms with van der Waals surface area (Å²) in [5.74, 6) is -2.36. The van der Waals surface area contributed by atoms with Crippen molar-refractivity contribution in [1.29, 1.82) is 0 Å².